The largest absolute Gasteiger partial charge is 0.437 e. The van der Waals surface area contributed by atoms with Crippen LogP contribution in [0.5, 0.6) is 11.6 Å². The summed E-state index contributed by atoms with van der Waals surface area (Å²) in [6.07, 6.45) is 0. The van der Waals surface area contributed by atoms with Crippen molar-refractivity contribution in [2.24, 2.45) is 0 Å². The summed E-state index contributed by atoms with van der Waals surface area (Å²) < 4.78 is 10.9. The van der Waals surface area contributed by atoms with Gasteiger partial charge in [0.1, 0.15) is 5.75 Å². The quantitative estimate of drug-likeness (QED) is 0.566. The van der Waals surface area contributed by atoms with Crippen molar-refractivity contribution in [1.82, 2.24) is 20.3 Å². The molecule has 0 aliphatic carbocycles. The molecule has 118 valence electrons. The molecule has 2 aromatic carbocycles. The SMILES string of the molecule is Cc1nc(-c2ccc(Oc3nnc(C)c4ccccc34)cc2)no1. The number of benzene rings is 2. The van der Waals surface area contributed by atoms with E-state index in [1.54, 1.807) is 6.92 Å². The van der Waals surface area contributed by atoms with Gasteiger partial charge in [0.2, 0.25) is 17.6 Å². The summed E-state index contributed by atoms with van der Waals surface area (Å²) in [5.74, 6) is 2.24. The minimum absolute atomic E-state index is 0.486. The Morgan fingerprint density at radius 2 is 1.62 bits per heavy atom. The van der Waals surface area contributed by atoms with Crippen molar-refractivity contribution in [3.63, 3.8) is 0 Å². The number of nitrogens with zero attached hydrogens (tertiary/aromatic N) is 4. The van der Waals surface area contributed by atoms with E-state index >= 15 is 0 Å². The molecule has 0 aliphatic rings. The predicted octanol–water partition coefficient (Wildman–Crippen LogP) is 4.09. The lowest BCUT2D eigenvalue weighted by Gasteiger charge is -2.08. The van der Waals surface area contributed by atoms with E-state index in [1.165, 1.54) is 0 Å². The van der Waals surface area contributed by atoms with Gasteiger partial charge in [-0.25, -0.2) is 0 Å². The van der Waals surface area contributed by atoms with Crippen LogP contribution < -0.4 is 4.74 Å². The Morgan fingerprint density at radius 1 is 0.875 bits per heavy atom. The third-order valence-electron chi connectivity index (χ3n) is 3.69. The van der Waals surface area contributed by atoms with E-state index in [9.17, 15) is 0 Å². The third kappa shape index (κ3) is 2.58. The molecule has 0 amide bonds. The molecule has 6 heteroatoms. The van der Waals surface area contributed by atoms with Crippen LogP contribution in [-0.4, -0.2) is 20.3 Å². The lowest BCUT2D eigenvalue weighted by Crippen LogP contribution is -1.95. The van der Waals surface area contributed by atoms with Crippen molar-refractivity contribution in [2.45, 2.75) is 13.8 Å². The maximum absolute atomic E-state index is 5.90. The summed E-state index contributed by atoms with van der Waals surface area (Å²) in [6, 6.07) is 15.4. The van der Waals surface area contributed by atoms with Gasteiger partial charge in [-0.15, -0.1) is 5.10 Å². The van der Waals surface area contributed by atoms with Crippen molar-refractivity contribution >= 4 is 10.8 Å². The van der Waals surface area contributed by atoms with Gasteiger partial charge in [-0.05, 0) is 37.3 Å². The highest BCUT2D eigenvalue weighted by Crippen LogP contribution is 2.29. The molecule has 0 saturated carbocycles. The van der Waals surface area contributed by atoms with Crippen LogP contribution in [0, 0.1) is 13.8 Å². The zero-order chi connectivity index (χ0) is 16.5. The molecule has 6 nitrogen and oxygen atoms in total. The zero-order valence-corrected chi connectivity index (χ0v) is 13.2. The Hall–Kier alpha value is -3.28. The minimum atomic E-state index is 0.486. The maximum Gasteiger partial charge on any atom is 0.246 e. The second-order valence-electron chi connectivity index (χ2n) is 5.40. The van der Waals surface area contributed by atoms with Crippen molar-refractivity contribution < 1.29 is 9.26 Å². The van der Waals surface area contributed by atoms with Crippen molar-refractivity contribution in [1.29, 1.82) is 0 Å². The highest BCUT2D eigenvalue weighted by atomic mass is 16.5. The number of hydrogen-bond acceptors (Lipinski definition) is 6. The van der Waals surface area contributed by atoms with Gasteiger partial charge in [0, 0.05) is 23.3 Å². The molecule has 24 heavy (non-hydrogen) atoms. The topological polar surface area (TPSA) is 73.9 Å². The van der Waals surface area contributed by atoms with Gasteiger partial charge >= 0.3 is 0 Å². The van der Waals surface area contributed by atoms with E-state index in [0.717, 1.165) is 22.0 Å². The fourth-order valence-corrected chi connectivity index (χ4v) is 2.49. The fourth-order valence-electron chi connectivity index (χ4n) is 2.49. The lowest BCUT2D eigenvalue weighted by atomic mass is 10.1. The molecule has 2 heterocycles. The Labute approximate surface area is 138 Å². The number of ether oxygens (including phenoxy) is 1. The molecule has 0 spiro atoms. The van der Waals surface area contributed by atoms with Crippen LogP contribution in [0.4, 0.5) is 0 Å². The molecule has 0 N–H and O–H groups in total. The summed E-state index contributed by atoms with van der Waals surface area (Å²) in [5.41, 5.74) is 1.74. The van der Waals surface area contributed by atoms with Gasteiger partial charge < -0.3 is 9.26 Å². The van der Waals surface area contributed by atoms with Crippen LogP contribution in [0.25, 0.3) is 22.2 Å². The first-order chi connectivity index (χ1) is 11.7. The standard InChI is InChI=1S/C18H14N4O2/c1-11-15-5-3-4-6-16(15)18(21-20-11)23-14-9-7-13(8-10-14)17-19-12(2)24-22-17/h3-10H,1-2H3. The van der Waals surface area contributed by atoms with E-state index in [0.29, 0.717) is 23.3 Å². The molecule has 2 aromatic heterocycles. The summed E-state index contributed by atoms with van der Waals surface area (Å²) >= 11 is 0. The molecule has 0 unspecified atom stereocenters. The normalized spacial score (nSPS) is 10.9. The Balaban J connectivity index is 1.65. The summed E-state index contributed by atoms with van der Waals surface area (Å²) in [6.45, 7) is 3.69. The van der Waals surface area contributed by atoms with Crippen LogP contribution >= 0.6 is 0 Å². The molecular weight excluding hydrogens is 304 g/mol. The highest BCUT2D eigenvalue weighted by molar-refractivity contribution is 5.88. The molecule has 4 aromatic rings. The first-order valence-electron chi connectivity index (χ1n) is 7.51. The first kappa shape index (κ1) is 14.3. The molecule has 0 saturated heterocycles. The number of rotatable bonds is 3. The van der Waals surface area contributed by atoms with Gasteiger partial charge in [-0.2, -0.15) is 10.1 Å². The zero-order valence-electron chi connectivity index (χ0n) is 13.2. The maximum atomic E-state index is 5.90. The van der Waals surface area contributed by atoms with E-state index in [2.05, 4.69) is 20.3 Å². The molecular formula is C18H14N4O2. The van der Waals surface area contributed by atoms with Crippen LogP contribution in [0.2, 0.25) is 0 Å². The number of fused-ring (bicyclic) bond motifs is 1. The second-order valence-corrected chi connectivity index (χ2v) is 5.40. The van der Waals surface area contributed by atoms with Gasteiger partial charge in [0.15, 0.2) is 0 Å². The average molecular weight is 318 g/mol. The Kier molecular flexibility index (Phi) is 3.42. The van der Waals surface area contributed by atoms with Crippen LogP contribution in [0.15, 0.2) is 53.1 Å². The van der Waals surface area contributed by atoms with E-state index in [1.807, 2.05) is 55.5 Å². The number of aryl methyl sites for hydroxylation is 2. The predicted molar refractivity (Wildman–Crippen MR) is 88.8 cm³/mol. The summed E-state index contributed by atoms with van der Waals surface area (Å²) in [4.78, 5) is 4.20. The van der Waals surface area contributed by atoms with E-state index in [-0.39, 0.29) is 0 Å². The molecule has 4 rings (SSSR count). The van der Waals surface area contributed by atoms with Crippen molar-refractivity contribution in [2.75, 3.05) is 0 Å². The minimum Gasteiger partial charge on any atom is -0.437 e. The molecule has 0 bridgehead atoms. The van der Waals surface area contributed by atoms with Gasteiger partial charge in [0.05, 0.1) is 5.69 Å². The van der Waals surface area contributed by atoms with Crippen LogP contribution in [0.1, 0.15) is 11.6 Å². The fraction of sp³-hybridized carbons (Fsp3) is 0.111. The van der Waals surface area contributed by atoms with Crippen molar-refractivity contribution in [3.05, 3.63) is 60.1 Å². The van der Waals surface area contributed by atoms with E-state index in [4.69, 9.17) is 9.26 Å². The van der Waals surface area contributed by atoms with E-state index < -0.39 is 0 Å². The summed E-state index contributed by atoms with van der Waals surface area (Å²) in [7, 11) is 0. The highest BCUT2D eigenvalue weighted by Gasteiger charge is 2.10. The third-order valence-corrected chi connectivity index (χ3v) is 3.69. The molecule has 0 atom stereocenters. The van der Waals surface area contributed by atoms with Crippen LogP contribution in [0.3, 0.4) is 0 Å². The van der Waals surface area contributed by atoms with Gasteiger partial charge in [-0.1, -0.05) is 23.4 Å². The smallest absolute Gasteiger partial charge is 0.246 e. The number of hydrogen-bond donors (Lipinski definition) is 0. The second kappa shape index (κ2) is 5.73. The molecule has 0 radical (unpaired) electrons. The number of aromatic nitrogens is 4. The Morgan fingerprint density at radius 3 is 2.33 bits per heavy atom. The lowest BCUT2D eigenvalue weighted by molar-refractivity contribution is 0.394. The first-order valence-corrected chi connectivity index (χ1v) is 7.51. The Bertz CT molecular complexity index is 1010. The average Bonchev–Trinajstić information content (AvgIpc) is 3.05. The van der Waals surface area contributed by atoms with Crippen molar-refractivity contribution in [3.8, 4) is 23.0 Å². The van der Waals surface area contributed by atoms with Gasteiger partial charge in [0.25, 0.3) is 0 Å². The van der Waals surface area contributed by atoms with Crippen LogP contribution in [-0.2, 0) is 0 Å². The summed E-state index contributed by atoms with van der Waals surface area (Å²) in [5, 5.41) is 14.2. The molecule has 0 aliphatic heterocycles. The molecule has 0 fully saturated rings. The van der Waals surface area contributed by atoms with Gasteiger partial charge in [-0.3, -0.25) is 0 Å². The monoisotopic (exact) mass is 318 g/mol.